The molecule has 0 amide bonds. The number of hydrogen-bond donors (Lipinski definition) is 1. The number of rotatable bonds is 2. The molecule has 100 valence electrons. The Balaban J connectivity index is 1.97. The van der Waals surface area contributed by atoms with Crippen molar-refractivity contribution < 1.29 is 9.63 Å². The summed E-state index contributed by atoms with van der Waals surface area (Å²) >= 11 is 11.6. The van der Waals surface area contributed by atoms with Gasteiger partial charge < -0.3 is 9.63 Å². The Morgan fingerprint density at radius 3 is 2.65 bits per heavy atom. The third-order valence-electron chi connectivity index (χ3n) is 2.58. The Morgan fingerprint density at radius 1 is 1.10 bits per heavy atom. The molecule has 2 aromatic heterocycles. The van der Waals surface area contributed by atoms with Gasteiger partial charge in [-0.15, -0.1) is 0 Å². The molecule has 0 spiro atoms. The summed E-state index contributed by atoms with van der Waals surface area (Å²) in [5, 5.41) is 14.0. The third-order valence-corrected chi connectivity index (χ3v) is 3.10. The van der Waals surface area contributed by atoms with Crippen molar-refractivity contribution in [3.8, 4) is 28.7 Å². The summed E-state index contributed by atoms with van der Waals surface area (Å²) in [4.78, 5) is 8.33. The Labute approximate surface area is 123 Å². The molecule has 0 bridgehead atoms. The van der Waals surface area contributed by atoms with Gasteiger partial charge in [0.2, 0.25) is 5.82 Å². The van der Waals surface area contributed by atoms with E-state index in [0.29, 0.717) is 28.0 Å². The van der Waals surface area contributed by atoms with Gasteiger partial charge in [0.25, 0.3) is 5.89 Å². The van der Waals surface area contributed by atoms with Crippen molar-refractivity contribution in [1.29, 1.82) is 0 Å². The first kappa shape index (κ1) is 12.9. The highest BCUT2D eigenvalue weighted by Gasteiger charge is 2.12. The van der Waals surface area contributed by atoms with Gasteiger partial charge in [-0.2, -0.15) is 4.98 Å². The predicted octanol–water partition coefficient (Wildman–Crippen LogP) is 3.81. The van der Waals surface area contributed by atoms with Crippen LogP contribution in [-0.2, 0) is 0 Å². The summed E-state index contributed by atoms with van der Waals surface area (Å²) < 4.78 is 5.16. The van der Waals surface area contributed by atoms with Gasteiger partial charge in [-0.05, 0) is 30.3 Å². The molecule has 0 radical (unpaired) electrons. The molecule has 7 heteroatoms. The molecule has 3 aromatic rings. The number of benzene rings is 1. The molecule has 1 N–H and O–H groups in total. The van der Waals surface area contributed by atoms with Crippen LogP contribution in [-0.4, -0.2) is 20.2 Å². The highest BCUT2D eigenvalue weighted by molar-refractivity contribution is 6.32. The largest absolute Gasteiger partial charge is 0.506 e. The predicted molar refractivity (Wildman–Crippen MR) is 74.6 cm³/mol. The Kier molecular flexibility index (Phi) is 3.30. The van der Waals surface area contributed by atoms with Crippen LogP contribution in [0.15, 0.2) is 41.1 Å². The van der Waals surface area contributed by atoms with Crippen molar-refractivity contribution in [3.05, 3.63) is 46.6 Å². The van der Waals surface area contributed by atoms with Gasteiger partial charge in [0.15, 0.2) is 0 Å². The van der Waals surface area contributed by atoms with Crippen LogP contribution in [0.5, 0.6) is 5.75 Å². The summed E-state index contributed by atoms with van der Waals surface area (Å²) in [7, 11) is 0. The molecule has 0 saturated heterocycles. The van der Waals surface area contributed by atoms with E-state index in [1.54, 1.807) is 24.3 Å². The molecule has 2 heterocycles. The second kappa shape index (κ2) is 5.11. The Morgan fingerprint density at radius 2 is 1.95 bits per heavy atom. The molecule has 0 unspecified atom stereocenters. The zero-order valence-electron chi connectivity index (χ0n) is 9.92. The summed E-state index contributed by atoms with van der Waals surface area (Å²) in [6.45, 7) is 0. The van der Waals surface area contributed by atoms with Crippen LogP contribution in [0, 0.1) is 0 Å². The topological polar surface area (TPSA) is 72.0 Å². The normalized spacial score (nSPS) is 10.7. The van der Waals surface area contributed by atoms with E-state index in [4.69, 9.17) is 27.7 Å². The van der Waals surface area contributed by atoms with E-state index < -0.39 is 0 Å². The number of hydrogen-bond acceptors (Lipinski definition) is 5. The molecule has 1 aromatic carbocycles. The zero-order valence-corrected chi connectivity index (χ0v) is 11.4. The lowest BCUT2D eigenvalue weighted by atomic mass is 10.2. The van der Waals surface area contributed by atoms with E-state index in [2.05, 4.69) is 15.1 Å². The molecule has 0 fully saturated rings. The third kappa shape index (κ3) is 2.45. The average Bonchev–Trinajstić information content (AvgIpc) is 2.92. The summed E-state index contributed by atoms with van der Waals surface area (Å²) in [6.07, 6.45) is 1.50. The van der Waals surface area contributed by atoms with Gasteiger partial charge in [0.05, 0.1) is 10.0 Å². The van der Waals surface area contributed by atoms with Crippen LogP contribution in [0.4, 0.5) is 0 Å². The van der Waals surface area contributed by atoms with E-state index >= 15 is 0 Å². The molecule has 0 aliphatic heterocycles. The maximum atomic E-state index is 9.38. The van der Waals surface area contributed by atoms with Crippen LogP contribution < -0.4 is 0 Å². The fraction of sp³-hybridized carbons (Fsp3) is 0. The lowest BCUT2D eigenvalue weighted by Gasteiger charge is -1.97. The highest BCUT2D eigenvalue weighted by Crippen LogP contribution is 2.29. The molecule has 0 aliphatic carbocycles. The first-order chi connectivity index (χ1) is 9.63. The Hall–Kier alpha value is -2.11. The number of phenolic OH excluding ortho intramolecular Hbond substituents is 1. The van der Waals surface area contributed by atoms with Crippen molar-refractivity contribution in [2.24, 2.45) is 0 Å². The van der Waals surface area contributed by atoms with Gasteiger partial charge in [-0.1, -0.05) is 28.4 Å². The fourth-order valence-electron chi connectivity index (χ4n) is 1.59. The van der Waals surface area contributed by atoms with E-state index in [-0.39, 0.29) is 10.8 Å². The number of aromatic nitrogens is 3. The fourth-order valence-corrected chi connectivity index (χ4v) is 1.89. The summed E-state index contributed by atoms with van der Waals surface area (Å²) in [5.74, 6) is 0.633. The maximum Gasteiger partial charge on any atom is 0.258 e. The van der Waals surface area contributed by atoms with Crippen LogP contribution in [0.25, 0.3) is 23.0 Å². The van der Waals surface area contributed by atoms with Crippen molar-refractivity contribution in [2.75, 3.05) is 0 Å². The van der Waals surface area contributed by atoms with Gasteiger partial charge in [0, 0.05) is 11.8 Å². The van der Waals surface area contributed by atoms with Gasteiger partial charge in [-0.25, -0.2) is 0 Å². The van der Waals surface area contributed by atoms with E-state index in [1.807, 2.05) is 0 Å². The molecular weight excluding hydrogens is 301 g/mol. The molecule has 0 atom stereocenters. The van der Waals surface area contributed by atoms with Gasteiger partial charge in [-0.3, -0.25) is 4.98 Å². The van der Waals surface area contributed by atoms with E-state index in [1.165, 1.54) is 12.3 Å². The van der Waals surface area contributed by atoms with Crippen molar-refractivity contribution >= 4 is 23.2 Å². The number of phenols is 1. The molecule has 0 saturated carbocycles. The number of aromatic hydroxyl groups is 1. The molecule has 20 heavy (non-hydrogen) atoms. The lowest BCUT2D eigenvalue weighted by Crippen LogP contribution is -1.85. The van der Waals surface area contributed by atoms with Gasteiger partial charge in [0.1, 0.15) is 11.4 Å². The standard InChI is InChI=1S/C13H7Cl2N3O2/c14-8-2-3-10(16-6-8)12-17-13(20-18-12)7-1-4-11(19)9(15)5-7/h1-6,19H. The minimum atomic E-state index is -0.00507. The van der Waals surface area contributed by atoms with Crippen LogP contribution in [0.1, 0.15) is 0 Å². The minimum absolute atomic E-state index is 0.00507. The Bertz CT molecular complexity index is 757. The first-order valence-corrected chi connectivity index (χ1v) is 6.33. The highest BCUT2D eigenvalue weighted by atomic mass is 35.5. The second-order valence-corrected chi connectivity index (χ2v) is 4.79. The molecule has 0 aliphatic rings. The van der Waals surface area contributed by atoms with Crippen LogP contribution >= 0.6 is 23.2 Å². The summed E-state index contributed by atoms with van der Waals surface area (Å²) in [5.41, 5.74) is 1.16. The SMILES string of the molecule is Oc1ccc(-c2nc(-c3ccc(Cl)cn3)no2)cc1Cl. The van der Waals surface area contributed by atoms with Crippen molar-refractivity contribution in [2.45, 2.75) is 0 Å². The number of pyridine rings is 1. The van der Waals surface area contributed by atoms with E-state index in [9.17, 15) is 5.11 Å². The number of halogens is 2. The molecule has 3 rings (SSSR count). The monoisotopic (exact) mass is 307 g/mol. The lowest BCUT2D eigenvalue weighted by molar-refractivity contribution is 0.432. The zero-order chi connectivity index (χ0) is 14.1. The minimum Gasteiger partial charge on any atom is -0.506 e. The van der Waals surface area contributed by atoms with Gasteiger partial charge >= 0.3 is 0 Å². The quantitative estimate of drug-likeness (QED) is 0.779. The summed E-state index contributed by atoms with van der Waals surface area (Å²) in [6, 6.07) is 8.03. The molecular formula is C13H7Cl2N3O2. The van der Waals surface area contributed by atoms with Crippen molar-refractivity contribution in [1.82, 2.24) is 15.1 Å². The molecule has 5 nitrogen and oxygen atoms in total. The van der Waals surface area contributed by atoms with Crippen LogP contribution in [0.3, 0.4) is 0 Å². The second-order valence-electron chi connectivity index (χ2n) is 3.95. The van der Waals surface area contributed by atoms with E-state index in [0.717, 1.165) is 0 Å². The smallest absolute Gasteiger partial charge is 0.258 e. The average molecular weight is 308 g/mol. The first-order valence-electron chi connectivity index (χ1n) is 5.58. The van der Waals surface area contributed by atoms with Crippen LogP contribution in [0.2, 0.25) is 10.0 Å². The number of nitrogens with zero attached hydrogens (tertiary/aromatic N) is 3. The maximum absolute atomic E-state index is 9.38. The van der Waals surface area contributed by atoms with Crippen molar-refractivity contribution in [3.63, 3.8) is 0 Å².